The molecule has 1 aliphatic rings. The van der Waals surface area contributed by atoms with Crippen molar-refractivity contribution in [2.75, 3.05) is 32.1 Å². The Balaban J connectivity index is 2.26. The molecular formula is C15H25N3. The summed E-state index contributed by atoms with van der Waals surface area (Å²) >= 11 is 0. The van der Waals surface area contributed by atoms with E-state index in [4.69, 9.17) is 4.98 Å². The van der Waals surface area contributed by atoms with Gasteiger partial charge in [-0.2, -0.15) is 0 Å². The second kappa shape index (κ2) is 5.70. The van der Waals surface area contributed by atoms with E-state index >= 15 is 0 Å². The number of pyridine rings is 1. The number of aromatic nitrogens is 1. The number of piperidine rings is 1. The van der Waals surface area contributed by atoms with Gasteiger partial charge in [0.1, 0.15) is 5.82 Å². The molecule has 0 bridgehead atoms. The summed E-state index contributed by atoms with van der Waals surface area (Å²) in [5.74, 6) is 1.05. The fraction of sp³-hybridized carbons (Fsp3) is 0.667. The minimum absolute atomic E-state index is 0.576. The predicted molar refractivity (Wildman–Crippen MR) is 77.1 cm³/mol. The average molecular weight is 247 g/mol. The SMILES string of the molecule is CCN1CCCC[C@@H]1c1ccc(N(C)C)nc1C. The van der Waals surface area contributed by atoms with Crippen molar-refractivity contribution in [3.8, 4) is 0 Å². The van der Waals surface area contributed by atoms with E-state index in [0.717, 1.165) is 12.4 Å². The third kappa shape index (κ3) is 2.66. The Morgan fingerprint density at radius 1 is 1.33 bits per heavy atom. The lowest BCUT2D eigenvalue weighted by atomic mass is 9.94. The summed E-state index contributed by atoms with van der Waals surface area (Å²) in [6.45, 7) is 6.77. The first-order valence-corrected chi connectivity index (χ1v) is 7.02. The van der Waals surface area contributed by atoms with Crippen molar-refractivity contribution in [1.82, 2.24) is 9.88 Å². The molecular weight excluding hydrogens is 222 g/mol. The Hall–Kier alpha value is -1.09. The zero-order valence-electron chi connectivity index (χ0n) is 12.1. The molecule has 0 unspecified atom stereocenters. The molecule has 0 spiro atoms. The zero-order valence-corrected chi connectivity index (χ0v) is 12.1. The lowest BCUT2D eigenvalue weighted by Crippen LogP contribution is -2.33. The number of anilines is 1. The number of hydrogen-bond donors (Lipinski definition) is 0. The van der Waals surface area contributed by atoms with Crippen LogP contribution in [0.15, 0.2) is 12.1 Å². The van der Waals surface area contributed by atoms with Gasteiger partial charge in [-0.1, -0.05) is 19.4 Å². The maximum absolute atomic E-state index is 4.72. The second-order valence-corrected chi connectivity index (χ2v) is 5.38. The molecule has 3 nitrogen and oxygen atoms in total. The highest BCUT2D eigenvalue weighted by Crippen LogP contribution is 2.32. The lowest BCUT2D eigenvalue weighted by Gasteiger charge is -2.35. The first-order chi connectivity index (χ1) is 8.63. The van der Waals surface area contributed by atoms with Gasteiger partial charge >= 0.3 is 0 Å². The fourth-order valence-corrected chi connectivity index (χ4v) is 2.88. The van der Waals surface area contributed by atoms with Crippen LogP contribution in [0.5, 0.6) is 0 Å². The molecule has 0 aliphatic carbocycles. The van der Waals surface area contributed by atoms with Crippen LogP contribution in [0.3, 0.4) is 0 Å². The number of aryl methyl sites for hydroxylation is 1. The van der Waals surface area contributed by atoms with Crippen LogP contribution in [0.4, 0.5) is 5.82 Å². The minimum atomic E-state index is 0.576. The summed E-state index contributed by atoms with van der Waals surface area (Å²) in [5.41, 5.74) is 2.61. The van der Waals surface area contributed by atoms with E-state index in [9.17, 15) is 0 Å². The van der Waals surface area contributed by atoms with Crippen LogP contribution in [0.25, 0.3) is 0 Å². The Labute approximate surface area is 111 Å². The molecule has 2 heterocycles. The first kappa shape index (κ1) is 13.3. The summed E-state index contributed by atoms with van der Waals surface area (Å²) in [6.07, 6.45) is 3.96. The molecule has 0 saturated carbocycles. The van der Waals surface area contributed by atoms with Crippen LogP contribution in [-0.2, 0) is 0 Å². The summed E-state index contributed by atoms with van der Waals surface area (Å²) < 4.78 is 0. The molecule has 0 N–H and O–H groups in total. The minimum Gasteiger partial charge on any atom is -0.363 e. The van der Waals surface area contributed by atoms with Crippen LogP contribution in [-0.4, -0.2) is 37.1 Å². The average Bonchev–Trinajstić information content (AvgIpc) is 2.38. The van der Waals surface area contributed by atoms with Crippen molar-refractivity contribution >= 4 is 5.82 Å². The summed E-state index contributed by atoms with van der Waals surface area (Å²) in [5, 5.41) is 0. The monoisotopic (exact) mass is 247 g/mol. The van der Waals surface area contributed by atoms with Gasteiger partial charge in [-0.25, -0.2) is 4.98 Å². The number of hydrogen-bond acceptors (Lipinski definition) is 3. The van der Waals surface area contributed by atoms with Crippen molar-refractivity contribution in [2.45, 2.75) is 39.2 Å². The van der Waals surface area contributed by atoms with Gasteiger partial charge in [-0.05, 0) is 44.5 Å². The number of likely N-dealkylation sites (tertiary alicyclic amines) is 1. The van der Waals surface area contributed by atoms with E-state index in [1.807, 2.05) is 14.1 Å². The quantitative estimate of drug-likeness (QED) is 0.818. The Morgan fingerprint density at radius 3 is 2.72 bits per heavy atom. The van der Waals surface area contributed by atoms with E-state index in [0.29, 0.717) is 6.04 Å². The predicted octanol–water partition coefficient (Wildman–Crippen LogP) is 3.00. The van der Waals surface area contributed by atoms with Crippen LogP contribution >= 0.6 is 0 Å². The van der Waals surface area contributed by atoms with E-state index in [1.165, 1.54) is 37.1 Å². The summed E-state index contributed by atoms with van der Waals surface area (Å²) in [7, 11) is 4.08. The molecule has 1 aromatic rings. The van der Waals surface area contributed by atoms with Crippen molar-refractivity contribution in [3.63, 3.8) is 0 Å². The van der Waals surface area contributed by atoms with Crippen molar-refractivity contribution < 1.29 is 0 Å². The van der Waals surface area contributed by atoms with Crippen LogP contribution in [0, 0.1) is 6.92 Å². The smallest absolute Gasteiger partial charge is 0.128 e. The van der Waals surface area contributed by atoms with Gasteiger partial charge < -0.3 is 4.90 Å². The van der Waals surface area contributed by atoms with Gasteiger partial charge in [0.05, 0.1) is 0 Å². The highest BCUT2D eigenvalue weighted by molar-refractivity contribution is 5.41. The molecule has 100 valence electrons. The largest absolute Gasteiger partial charge is 0.363 e. The standard InChI is InChI=1S/C15H25N3/c1-5-18-11-7-6-8-14(18)13-9-10-15(17(3)4)16-12(13)2/h9-10,14H,5-8,11H2,1-4H3/t14-/m1/s1. The maximum atomic E-state index is 4.72. The van der Waals surface area contributed by atoms with E-state index in [-0.39, 0.29) is 0 Å². The molecule has 1 aromatic heterocycles. The van der Waals surface area contributed by atoms with Gasteiger partial charge in [0.25, 0.3) is 0 Å². The van der Waals surface area contributed by atoms with Gasteiger partial charge in [-0.3, -0.25) is 4.90 Å². The Bertz CT molecular complexity index is 401. The first-order valence-electron chi connectivity index (χ1n) is 7.02. The van der Waals surface area contributed by atoms with Crippen molar-refractivity contribution in [2.24, 2.45) is 0 Å². The third-order valence-corrected chi connectivity index (χ3v) is 3.95. The second-order valence-electron chi connectivity index (χ2n) is 5.38. The molecule has 1 atom stereocenters. The molecule has 2 rings (SSSR count). The molecule has 0 radical (unpaired) electrons. The van der Waals surface area contributed by atoms with Gasteiger partial charge in [-0.15, -0.1) is 0 Å². The van der Waals surface area contributed by atoms with Crippen molar-refractivity contribution in [3.05, 3.63) is 23.4 Å². The van der Waals surface area contributed by atoms with Crippen LogP contribution < -0.4 is 4.90 Å². The Kier molecular flexibility index (Phi) is 4.23. The molecule has 1 fully saturated rings. The fourth-order valence-electron chi connectivity index (χ4n) is 2.88. The van der Waals surface area contributed by atoms with Gasteiger partial charge in [0, 0.05) is 25.8 Å². The molecule has 1 aliphatic heterocycles. The highest BCUT2D eigenvalue weighted by atomic mass is 15.2. The van der Waals surface area contributed by atoms with Gasteiger partial charge in [0.2, 0.25) is 0 Å². The molecule has 1 saturated heterocycles. The van der Waals surface area contributed by atoms with Gasteiger partial charge in [0.15, 0.2) is 0 Å². The van der Waals surface area contributed by atoms with Crippen LogP contribution in [0.1, 0.15) is 43.5 Å². The lowest BCUT2D eigenvalue weighted by molar-refractivity contribution is 0.156. The van der Waals surface area contributed by atoms with Crippen molar-refractivity contribution in [1.29, 1.82) is 0 Å². The Morgan fingerprint density at radius 2 is 2.11 bits per heavy atom. The normalized spacial score (nSPS) is 21.0. The van der Waals surface area contributed by atoms with E-state index in [1.54, 1.807) is 0 Å². The molecule has 0 amide bonds. The van der Waals surface area contributed by atoms with Crippen LogP contribution in [0.2, 0.25) is 0 Å². The zero-order chi connectivity index (χ0) is 13.1. The van der Waals surface area contributed by atoms with E-state index < -0.39 is 0 Å². The summed E-state index contributed by atoms with van der Waals surface area (Å²) in [6, 6.07) is 4.99. The molecule has 3 heteroatoms. The topological polar surface area (TPSA) is 19.4 Å². The summed E-state index contributed by atoms with van der Waals surface area (Å²) in [4.78, 5) is 9.37. The molecule has 0 aromatic carbocycles. The highest BCUT2D eigenvalue weighted by Gasteiger charge is 2.24. The number of nitrogens with zero attached hydrogens (tertiary/aromatic N) is 3. The number of rotatable bonds is 3. The third-order valence-electron chi connectivity index (χ3n) is 3.95. The van der Waals surface area contributed by atoms with E-state index in [2.05, 4.69) is 35.8 Å². The maximum Gasteiger partial charge on any atom is 0.128 e. The molecule has 18 heavy (non-hydrogen) atoms.